The maximum absolute atomic E-state index is 13.7. The van der Waals surface area contributed by atoms with Crippen molar-refractivity contribution in [2.45, 2.75) is 6.92 Å². The Bertz CT molecular complexity index is 2250. The Morgan fingerprint density at radius 3 is 2.00 bits per heavy atom. The Kier molecular flexibility index (Phi) is 6.91. The fourth-order valence-corrected chi connectivity index (χ4v) is 6.23. The SMILES string of the molecule is COC(=O)C1=C2C=CC(=N2)C=C2C=CC(=N2)C(c2ccncc2)=C2C=CC(=N2)C(C)=C2N=C1C(c1ccccc1)=C2c1ccccc1. The molecule has 1 aromatic heterocycles. The van der Waals surface area contributed by atoms with Crippen LogP contribution in [0.25, 0.3) is 16.7 Å². The van der Waals surface area contributed by atoms with Gasteiger partial charge in [-0.2, -0.15) is 0 Å². The second kappa shape index (κ2) is 11.5. The molecule has 5 aliphatic rings. The van der Waals surface area contributed by atoms with E-state index in [4.69, 9.17) is 24.7 Å². The predicted molar refractivity (Wildman–Crippen MR) is 188 cm³/mol. The van der Waals surface area contributed by atoms with Gasteiger partial charge in [0.05, 0.1) is 52.7 Å². The molecule has 47 heavy (non-hydrogen) atoms. The number of allylic oxidation sites excluding steroid dienone is 11. The van der Waals surface area contributed by atoms with Crippen molar-refractivity contribution in [1.29, 1.82) is 0 Å². The molecule has 8 bridgehead atoms. The highest BCUT2D eigenvalue weighted by atomic mass is 16.5. The zero-order valence-electron chi connectivity index (χ0n) is 25.7. The Labute approximate surface area is 271 Å². The van der Waals surface area contributed by atoms with Crippen LogP contribution < -0.4 is 0 Å². The van der Waals surface area contributed by atoms with Gasteiger partial charge in [-0.3, -0.25) is 4.98 Å². The Morgan fingerprint density at radius 2 is 1.28 bits per heavy atom. The summed E-state index contributed by atoms with van der Waals surface area (Å²) >= 11 is 0. The molecule has 3 aromatic rings. The molecule has 0 aliphatic carbocycles. The Balaban J connectivity index is 1.48. The zero-order valence-corrected chi connectivity index (χ0v) is 25.7. The third-order valence-electron chi connectivity index (χ3n) is 8.43. The smallest absolute Gasteiger partial charge is 0.342 e. The Morgan fingerprint density at radius 1 is 0.617 bits per heavy atom. The number of esters is 1. The van der Waals surface area contributed by atoms with Crippen LogP contribution in [0.4, 0.5) is 0 Å². The summed E-state index contributed by atoms with van der Waals surface area (Å²) in [6.45, 7) is 2.03. The number of nitrogens with zero attached hydrogens (tertiary/aromatic N) is 5. The number of pyridine rings is 1. The van der Waals surface area contributed by atoms with E-state index < -0.39 is 5.97 Å². The number of rotatable bonds is 4. The number of methoxy groups -OCH3 is 1. The summed E-state index contributed by atoms with van der Waals surface area (Å²) in [4.78, 5) is 38.3. The van der Waals surface area contributed by atoms with Crippen molar-refractivity contribution < 1.29 is 9.53 Å². The molecular formula is C40H27N5O2. The summed E-state index contributed by atoms with van der Waals surface area (Å²) in [7, 11) is 1.38. The Hall–Kier alpha value is -6.34. The van der Waals surface area contributed by atoms with Crippen LogP contribution in [0.3, 0.4) is 0 Å². The van der Waals surface area contributed by atoms with E-state index in [0.29, 0.717) is 17.1 Å². The molecule has 0 amide bonds. The molecule has 7 nitrogen and oxygen atoms in total. The quantitative estimate of drug-likeness (QED) is 0.287. The maximum atomic E-state index is 13.7. The number of hydrogen-bond acceptors (Lipinski definition) is 7. The first-order valence-electron chi connectivity index (χ1n) is 15.2. The fraction of sp³-hybridized carbons (Fsp3) is 0.0500. The molecule has 2 aromatic carbocycles. The third kappa shape index (κ3) is 4.94. The summed E-state index contributed by atoms with van der Waals surface area (Å²) < 4.78 is 5.39. The topological polar surface area (TPSA) is 88.6 Å². The minimum absolute atomic E-state index is 0.287. The van der Waals surface area contributed by atoms with Crippen LogP contribution in [0.15, 0.2) is 182 Å². The largest absolute Gasteiger partial charge is 0.465 e. The van der Waals surface area contributed by atoms with Gasteiger partial charge >= 0.3 is 5.97 Å². The van der Waals surface area contributed by atoms with Crippen molar-refractivity contribution in [1.82, 2.24) is 4.98 Å². The molecule has 0 unspecified atom stereocenters. The van der Waals surface area contributed by atoms with Crippen molar-refractivity contribution in [3.05, 3.63) is 178 Å². The average Bonchev–Trinajstić information content (AvgIpc) is 3.94. The molecule has 0 spiro atoms. The van der Waals surface area contributed by atoms with E-state index in [1.165, 1.54) is 7.11 Å². The van der Waals surface area contributed by atoms with E-state index in [1.54, 1.807) is 12.4 Å². The van der Waals surface area contributed by atoms with Crippen LogP contribution in [0.1, 0.15) is 23.6 Å². The second-order valence-electron chi connectivity index (χ2n) is 11.3. The molecule has 0 saturated carbocycles. The molecule has 7 heteroatoms. The van der Waals surface area contributed by atoms with Crippen LogP contribution >= 0.6 is 0 Å². The maximum Gasteiger partial charge on any atom is 0.342 e. The molecule has 0 saturated heterocycles. The third-order valence-corrected chi connectivity index (χ3v) is 8.43. The number of fused-ring (bicyclic) bond motifs is 4. The van der Waals surface area contributed by atoms with Gasteiger partial charge in [0.1, 0.15) is 5.57 Å². The van der Waals surface area contributed by atoms with Gasteiger partial charge in [0.25, 0.3) is 0 Å². The molecule has 8 rings (SSSR count). The molecular weight excluding hydrogens is 582 g/mol. The molecule has 6 heterocycles. The van der Waals surface area contributed by atoms with Crippen molar-refractivity contribution in [3.8, 4) is 0 Å². The fourth-order valence-electron chi connectivity index (χ4n) is 6.23. The molecule has 224 valence electrons. The van der Waals surface area contributed by atoms with Gasteiger partial charge in [-0.05, 0) is 78.3 Å². The lowest BCUT2D eigenvalue weighted by molar-refractivity contribution is -0.135. The second-order valence-corrected chi connectivity index (χ2v) is 11.3. The van der Waals surface area contributed by atoms with Gasteiger partial charge in [0.2, 0.25) is 0 Å². The first-order chi connectivity index (χ1) is 23.1. The van der Waals surface area contributed by atoms with Crippen LogP contribution in [-0.4, -0.2) is 40.9 Å². The van der Waals surface area contributed by atoms with Gasteiger partial charge in [-0.15, -0.1) is 0 Å². The van der Waals surface area contributed by atoms with Gasteiger partial charge < -0.3 is 4.74 Å². The average molecular weight is 610 g/mol. The van der Waals surface area contributed by atoms with E-state index in [1.807, 2.05) is 110 Å². The normalized spacial score (nSPS) is 18.1. The summed E-state index contributed by atoms with van der Waals surface area (Å²) in [6.07, 6.45) is 17.1. The minimum Gasteiger partial charge on any atom is -0.465 e. The van der Waals surface area contributed by atoms with Crippen molar-refractivity contribution in [2.24, 2.45) is 20.0 Å². The highest BCUT2D eigenvalue weighted by Crippen LogP contribution is 2.44. The van der Waals surface area contributed by atoms with Gasteiger partial charge in [0, 0.05) is 34.7 Å². The lowest BCUT2D eigenvalue weighted by atomic mass is 9.88. The highest BCUT2D eigenvalue weighted by molar-refractivity contribution is 6.47. The number of hydrogen-bond donors (Lipinski definition) is 0. The van der Waals surface area contributed by atoms with Crippen LogP contribution in [0.5, 0.6) is 0 Å². The summed E-state index contributed by atoms with van der Waals surface area (Å²) in [5, 5.41) is 0. The number of ether oxygens (including phenoxy) is 1. The molecule has 5 aliphatic heterocycles. The summed E-state index contributed by atoms with van der Waals surface area (Å²) in [5.41, 5.74) is 12.1. The van der Waals surface area contributed by atoms with Gasteiger partial charge in [-0.25, -0.2) is 24.8 Å². The first kappa shape index (κ1) is 28.2. The van der Waals surface area contributed by atoms with E-state index in [9.17, 15) is 4.79 Å². The van der Waals surface area contributed by atoms with Crippen LogP contribution in [0.2, 0.25) is 0 Å². The van der Waals surface area contributed by atoms with Crippen molar-refractivity contribution in [3.63, 3.8) is 0 Å². The van der Waals surface area contributed by atoms with Crippen LogP contribution in [0, 0.1) is 0 Å². The number of carbonyl (C=O) groups is 1. The van der Waals surface area contributed by atoms with E-state index in [2.05, 4.69) is 17.1 Å². The predicted octanol–water partition coefficient (Wildman–Crippen LogP) is 7.49. The van der Waals surface area contributed by atoms with Crippen molar-refractivity contribution in [2.75, 3.05) is 7.11 Å². The number of carbonyl (C=O) groups excluding carboxylic acids is 1. The lowest BCUT2D eigenvalue weighted by Gasteiger charge is -2.14. The number of benzene rings is 2. The van der Waals surface area contributed by atoms with Gasteiger partial charge in [0.15, 0.2) is 0 Å². The molecule has 0 atom stereocenters. The number of aliphatic imine (C=N–C) groups is 4. The minimum atomic E-state index is -0.520. The van der Waals surface area contributed by atoms with E-state index in [0.717, 1.165) is 67.5 Å². The molecule has 0 fully saturated rings. The number of aromatic nitrogens is 1. The monoisotopic (exact) mass is 609 g/mol. The summed E-state index contributed by atoms with van der Waals surface area (Å²) in [6, 6.07) is 24.1. The molecule has 0 N–H and O–H groups in total. The van der Waals surface area contributed by atoms with Crippen molar-refractivity contribution >= 4 is 45.5 Å². The standard InChI is InChI=1S/C40H27N5O2/c1-24-30-17-18-32(44-30)34(27-19-21-41-22-20-27)31-15-13-28(42-31)23-29-14-16-33(43-29)37(40(46)47-2)39-36(26-11-7-4-8-12-26)35(38(24)45-39)25-9-5-3-6-10-25/h3-23H,1-2H3. The lowest BCUT2D eigenvalue weighted by Crippen LogP contribution is -2.17. The highest BCUT2D eigenvalue weighted by Gasteiger charge is 2.35. The first-order valence-corrected chi connectivity index (χ1v) is 15.2. The molecule has 0 radical (unpaired) electrons. The summed E-state index contributed by atoms with van der Waals surface area (Å²) in [5.74, 6) is -0.520. The van der Waals surface area contributed by atoms with Gasteiger partial charge in [-0.1, -0.05) is 60.7 Å². The van der Waals surface area contributed by atoms with Crippen LogP contribution in [-0.2, 0) is 9.53 Å². The van der Waals surface area contributed by atoms with E-state index in [-0.39, 0.29) is 5.57 Å². The zero-order chi connectivity index (χ0) is 31.9. The van der Waals surface area contributed by atoms with E-state index >= 15 is 0 Å².